The maximum Gasteiger partial charge on any atom is 0.191 e. The molecule has 0 bridgehead atoms. The van der Waals surface area contributed by atoms with Crippen LogP contribution in [0.5, 0.6) is 11.5 Å². The number of anilines is 1. The molecule has 1 heterocycles. The number of nitrogens with zero attached hydrogens (tertiary/aromatic N) is 1. The Kier molecular flexibility index (Phi) is 9.03. The smallest absolute Gasteiger partial charge is 0.191 e. The van der Waals surface area contributed by atoms with E-state index >= 15 is 0 Å². The minimum absolute atomic E-state index is 0. The first-order valence-corrected chi connectivity index (χ1v) is 8.97. The maximum atomic E-state index is 5.94. The van der Waals surface area contributed by atoms with Gasteiger partial charge >= 0.3 is 0 Å². The lowest BCUT2D eigenvalue weighted by Crippen LogP contribution is -2.45. The van der Waals surface area contributed by atoms with Crippen molar-refractivity contribution in [2.24, 2.45) is 4.99 Å². The maximum absolute atomic E-state index is 5.94. The standard InChI is InChI=1S/C20H26N4O2.HI/c1-21-20(23-13-7-12-22-16-8-3-2-4-9-16)24-14-17-15-25-18-10-5-6-11-19(18)26-17;/h2-6,8-11,17,22H,7,12-15H2,1H3,(H2,21,23,24);1H. The third kappa shape index (κ3) is 6.82. The number of guanidine groups is 1. The number of halogens is 1. The molecule has 6 nitrogen and oxygen atoms in total. The van der Waals surface area contributed by atoms with Crippen molar-refractivity contribution < 1.29 is 9.47 Å². The predicted molar refractivity (Wildman–Crippen MR) is 121 cm³/mol. The molecule has 146 valence electrons. The predicted octanol–water partition coefficient (Wildman–Crippen LogP) is 3.11. The van der Waals surface area contributed by atoms with Gasteiger partial charge in [-0.3, -0.25) is 4.99 Å². The van der Waals surface area contributed by atoms with Gasteiger partial charge < -0.3 is 25.4 Å². The number of nitrogens with one attached hydrogen (secondary N) is 3. The SMILES string of the molecule is CN=C(NCCCNc1ccccc1)NCC1COc2ccccc2O1.I. The summed E-state index contributed by atoms with van der Waals surface area (Å²) in [7, 11) is 1.77. The monoisotopic (exact) mass is 482 g/mol. The van der Waals surface area contributed by atoms with Gasteiger partial charge in [0.2, 0.25) is 0 Å². The van der Waals surface area contributed by atoms with Gasteiger partial charge in [-0.1, -0.05) is 30.3 Å². The Morgan fingerprint density at radius 2 is 1.74 bits per heavy atom. The summed E-state index contributed by atoms with van der Waals surface area (Å²) in [6.07, 6.45) is 0.953. The van der Waals surface area contributed by atoms with E-state index in [1.54, 1.807) is 7.05 Å². The molecule has 1 atom stereocenters. The topological polar surface area (TPSA) is 66.9 Å². The Morgan fingerprint density at radius 1 is 1.00 bits per heavy atom. The highest BCUT2D eigenvalue weighted by atomic mass is 127. The van der Waals surface area contributed by atoms with Gasteiger partial charge in [0.1, 0.15) is 12.7 Å². The lowest BCUT2D eigenvalue weighted by molar-refractivity contribution is 0.0936. The van der Waals surface area contributed by atoms with Gasteiger partial charge in [0, 0.05) is 25.8 Å². The second kappa shape index (κ2) is 11.5. The molecule has 7 heteroatoms. The zero-order valence-corrected chi connectivity index (χ0v) is 17.8. The quantitative estimate of drug-likeness (QED) is 0.245. The van der Waals surface area contributed by atoms with E-state index in [1.807, 2.05) is 42.5 Å². The molecule has 0 radical (unpaired) electrons. The fraction of sp³-hybridized carbons (Fsp3) is 0.350. The molecule has 2 aromatic rings. The van der Waals surface area contributed by atoms with E-state index in [4.69, 9.17) is 9.47 Å². The van der Waals surface area contributed by atoms with Gasteiger partial charge in [0.25, 0.3) is 0 Å². The van der Waals surface area contributed by atoms with E-state index in [-0.39, 0.29) is 30.1 Å². The van der Waals surface area contributed by atoms with Crippen LogP contribution in [0.15, 0.2) is 59.6 Å². The van der Waals surface area contributed by atoms with Crippen LogP contribution in [0, 0.1) is 0 Å². The Hall–Kier alpha value is -2.16. The van der Waals surface area contributed by atoms with Crippen molar-refractivity contribution in [2.75, 3.05) is 38.6 Å². The fourth-order valence-corrected chi connectivity index (χ4v) is 2.68. The molecule has 3 rings (SSSR count). The highest BCUT2D eigenvalue weighted by Gasteiger charge is 2.20. The molecule has 0 spiro atoms. The first-order chi connectivity index (χ1) is 12.8. The summed E-state index contributed by atoms with van der Waals surface area (Å²) >= 11 is 0. The lowest BCUT2D eigenvalue weighted by Gasteiger charge is -2.27. The molecule has 3 N–H and O–H groups in total. The third-order valence-electron chi connectivity index (χ3n) is 4.04. The minimum atomic E-state index is -0.0387. The largest absolute Gasteiger partial charge is 0.486 e. The first-order valence-electron chi connectivity index (χ1n) is 8.97. The Bertz CT molecular complexity index is 712. The van der Waals surface area contributed by atoms with Crippen LogP contribution in [-0.4, -0.2) is 45.4 Å². The van der Waals surface area contributed by atoms with Crippen molar-refractivity contribution in [3.8, 4) is 11.5 Å². The summed E-state index contributed by atoms with van der Waals surface area (Å²) in [6, 6.07) is 17.9. The number of fused-ring (bicyclic) bond motifs is 1. The molecule has 0 fully saturated rings. The van der Waals surface area contributed by atoms with Crippen LogP contribution in [-0.2, 0) is 0 Å². The molecule has 2 aromatic carbocycles. The van der Waals surface area contributed by atoms with Crippen molar-refractivity contribution in [1.29, 1.82) is 0 Å². The van der Waals surface area contributed by atoms with Gasteiger partial charge in [0.15, 0.2) is 17.5 Å². The van der Waals surface area contributed by atoms with Crippen molar-refractivity contribution in [3.63, 3.8) is 0 Å². The Labute approximate surface area is 177 Å². The molecule has 0 saturated heterocycles. The van der Waals surface area contributed by atoms with Crippen molar-refractivity contribution in [3.05, 3.63) is 54.6 Å². The summed E-state index contributed by atoms with van der Waals surface area (Å²) in [5.74, 6) is 2.37. The van der Waals surface area contributed by atoms with E-state index in [0.717, 1.165) is 42.7 Å². The molecule has 0 aromatic heterocycles. The van der Waals surface area contributed by atoms with Gasteiger partial charge in [-0.25, -0.2) is 0 Å². The summed E-state index contributed by atoms with van der Waals surface area (Å²) in [5.41, 5.74) is 1.14. The molecule has 1 unspecified atom stereocenters. The first kappa shape index (κ1) is 21.1. The van der Waals surface area contributed by atoms with E-state index in [2.05, 4.69) is 33.1 Å². The molecule has 1 aliphatic rings. The summed E-state index contributed by atoms with van der Waals surface area (Å²) in [4.78, 5) is 4.25. The lowest BCUT2D eigenvalue weighted by atomic mass is 10.2. The molecule has 0 aliphatic carbocycles. The van der Waals surface area contributed by atoms with E-state index < -0.39 is 0 Å². The van der Waals surface area contributed by atoms with Crippen LogP contribution in [0.3, 0.4) is 0 Å². The number of para-hydroxylation sites is 3. The number of aliphatic imine (C=N–C) groups is 1. The second-order valence-corrected chi connectivity index (χ2v) is 6.02. The molecular formula is C20H27IN4O2. The van der Waals surface area contributed by atoms with Gasteiger partial charge in [0.05, 0.1) is 6.54 Å². The highest BCUT2D eigenvalue weighted by molar-refractivity contribution is 14.0. The number of benzene rings is 2. The summed E-state index contributed by atoms with van der Waals surface area (Å²) in [5, 5.41) is 10.0. The van der Waals surface area contributed by atoms with E-state index in [9.17, 15) is 0 Å². The van der Waals surface area contributed by atoms with Crippen molar-refractivity contribution in [1.82, 2.24) is 10.6 Å². The summed E-state index contributed by atoms with van der Waals surface area (Å²) in [6.45, 7) is 2.91. The average molecular weight is 482 g/mol. The Morgan fingerprint density at radius 3 is 2.52 bits per heavy atom. The summed E-state index contributed by atoms with van der Waals surface area (Å²) < 4.78 is 11.7. The number of rotatable bonds is 7. The van der Waals surface area contributed by atoms with Crippen LogP contribution < -0.4 is 25.4 Å². The van der Waals surface area contributed by atoms with Gasteiger partial charge in [-0.05, 0) is 30.7 Å². The zero-order chi connectivity index (χ0) is 18.0. The zero-order valence-electron chi connectivity index (χ0n) is 15.5. The molecule has 27 heavy (non-hydrogen) atoms. The molecule has 1 aliphatic heterocycles. The van der Waals surface area contributed by atoms with Crippen LogP contribution in [0.25, 0.3) is 0 Å². The third-order valence-corrected chi connectivity index (χ3v) is 4.04. The van der Waals surface area contributed by atoms with Crippen LogP contribution in [0.1, 0.15) is 6.42 Å². The normalized spacial score (nSPS) is 15.4. The van der Waals surface area contributed by atoms with Crippen LogP contribution in [0.2, 0.25) is 0 Å². The van der Waals surface area contributed by atoms with Gasteiger partial charge in [-0.2, -0.15) is 0 Å². The van der Waals surface area contributed by atoms with Crippen LogP contribution >= 0.6 is 24.0 Å². The van der Waals surface area contributed by atoms with Crippen LogP contribution in [0.4, 0.5) is 5.69 Å². The minimum Gasteiger partial charge on any atom is -0.486 e. The van der Waals surface area contributed by atoms with E-state index in [0.29, 0.717) is 13.2 Å². The molecular weight excluding hydrogens is 455 g/mol. The number of ether oxygens (including phenoxy) is 2. The van der Waals surface area contributed by atoms with Crippen molar-refractivity contribution in [2.45, 2.75) is 12.5 Å². The fourth-order valence-electron chi connectivity index (χ4n) is 2.68. The molecule has 0 saturated carbocycles. The number of hydrogen-bond acceptors (Lipinski definition) is 4. The Balaban J connectivity index is 0.00000261. The molecule has 0 amide bonds. The highest BCUT2D eigenvalue weighted by Crippen LogP contribution is 2.30. The van der Waals surface area contributed by atoms with E-state index in [1.165, 1.54) is 0 Å². The van der Waals surface area contributed by atoms with Crippen molar-refractivity contribution >= 4 is 35.6 Å². The number of hydrogen-bond donors (Lipinski definition) is 3. The average Bonchev–Trinajstić information content (AvgIpc) is 2.70. The second-order valence-electron chi connectivity index (χ2n) is 6.02. The van der Waals surface area contributed by atoms with Gasteiger partial charge in [-0.15, -0.1) is 24.0 Å².